The number of likely N-dealkylation sites (N-methyl/N-ethyl adjacent to an activating group) is 1. The van der Waals surface area contributed by atoms with Crippen molar-refractivity contribution < 1.29 is 4.74 Å². The zero-order valence-corrected chi connectivity index (χ0v) is 12.6. The summed E-state index contributed by atoms with van der Waals surface area (Å²) in [5, 5.41) is 0. The number of para-hydroxylation sites is 1. The molecule has 1 aromatic carbocycles. The molecule has 4 nitrogen and oxygen atoms in total. The molecular weight excluding hydrogens is 250 g/mol. The summed E-state index contributed by atoms with van der Waals surface area (Å²) >= 11 is 0. The second-order valence-electron chi connectivity index (χ2n) is 5.49. The van der Waals surface area contributed by atoms with Crippen LogP contribution in [0.2, 0.25) is 0 Å². The van der Waals surface area contributed by atoms with Crippen LogP contribution in [0.5, 0.6) is 5.75 Å². The van der Waals surface area contributed by atoms with E-state index in [-0.39, 0.29) is 0 Å². The zero-order chi connectivity index (χ0) is 14.2. The minimum atomic E-state index is 0.732. The van der Waals surface area contributed by atoms with Crippen molar-refractivity contribution in [1.29, 1.82) is 0 Å². The Labute approximate surface area is 122 Å². The molecule has 20 heavy (non-hydrogen) atoms. The van der Waals surface area contributed by atoms with E-state index in [0.717, 1.165) is 64.5 Å². The van der Waals surface area contributed by atoms with E-state index < -0.39 is 0 Å². The van der Waals surface area contributed by atoms with Crippen LogP contribution >= 0.6 is 0 Å². The molecule has 0 atom stereocenters. The van der Waals surface area contributed by atoms with Crippen molar-refractivity contribution in [1.82, 2.24) is 9.80 Å². The van der Waals surface area contributed by atoms with Crippen LogP contribution in [0.25, 0.3) is 0 Å². The highest BCUT2D eigenvalue weighted by Gasteiger charge is 2.13. The van der Waals surface area contributed by atoms with Gasteiger partial charge in [-0.05, 0) is 38.1 Å². The molecule has 1 saturated heterocycles. The van der Waals surface area contributed by atoms with Gasteiger partial charge in [-0.15, -0.1) is 0 Å². The molecule has 1 aromatic rings. The maximum absolute atomic E-state index is 5.97. The molecule has 0 bridgehead atoms. The number of rotatable bonds is 7. The van der Waals surface area contributed by atoms with Gasteiger partial charge in [0.1, 0.15) is 12.4 Å². The summed E-state index contributed by atoms with van der Waals surface area (Å²) in [7, 11) is 2.18. The fourth-order valence-corrected chi connectivity index (χ4v) is 2.50. The number of piperazine rings is 1. The molecule has 0 radical (unpaired) electrons. The van der Waals surface area contributed by atoms with Crippen LogP contribution in [0.1, 0.15) is 12.0 Å². The van der Waals surface area contributed by atoms with E-state index >= 15 is 0 Å². The third-order valence-electron chi connectivity index (χ3n) is 3.88. The fraction of sp³-hybridized carbons (Fsp3) is 0.625. The van der Waals surface area contributed by atoms with Crippen molar-refractivity contribution in [2.75, 3.05) is 52.9 Å². The monoisotopic (exact) mass is 277 g/mol. The highest BCUT2D eigenvalue weighted by Crippen LogP contribution is 2.19. The fourth-order valence-electron chi connectivity index (χ4n) is 2.50. The quantitative estimate of drug-likeness (QED) is 0.813. The van der Waals surface area contributed by atoms with Crippen LogP contribution < -0.4 is 10.5 Å². The van der Waals surface area contributed by atoms with Gasteiger partial charge >= 0.3 is 0 Å². The van der Waals surface area contributed by atoms with E-state index in [0.29, 0.717) is 0 Å². The molecule has 4 heteroatoms. The number of nitrogens with zero attached hydrogens (tertiary/aromatic N) is 2. The Balaban J connectivity index is 1.76. The smallest absolute Gasteiger partial charge is 0.122 e. The first kappa shape index (κ1) is 15.3. The van der Waals surface area contributed by atoms with E-state index in [1.54, 1.807) is 0 Å². The SMILES string of the molecule is CN1CCN(CCOc2ccccc2CCCN)CC1. The zero-order valence-electron chi connectivity index (χ0n) is 12.6. The van der Waals surface area contributed by atoms with Crippen LogP contribution in [0, 0.1) is 0 Å². The van der Waals surface area contributed by atoms with Gasteiger partial charge < -0.3 is 15.4 Å². The normalized spacial score (nSPS) is 17.3. The molecular formula is C16H27N3O. The number of aryl methyl sites for hydroxylation is 1. The van der Waals surface area contributed by atoms with Crippen LogP contribution in [-0.4, -0.2) is 62.7 Å². The molecule has 0 spiro atoms. The molecule has 0 amide bonds. The first-order chi connectivity index (χ1) is 9.79. The van der Waals surface area contributed by atoms with Crippen LogP contribution in [0.3, 0.4) is 0 Å². The van der Waals surface area contributed by atoms with Gasteiger partial charge in [0.25, 0.3) is 0 Å². The summed E-state index contributed by atoms with van der Waals surface area (Å²) in [6.45, 7) is 7.13. The molecule has 1 heterocycles. The second kappa shape index (κ2) is 8.25. The number of nitrogens with two attached hydrogens (primary N) is 1. The first-order valence-electron chi connectivity index (χ1n) is 7.61. The van der Waals surface area contributed by atoms with E-state index in [9.17, 15) is 0 Å². The van der Waals surface area contributed by atoms with E-state index in [4.69, 9.17) is 10.5 Å². The van der Waals surface area contributed by atoms with Crippen LogP contribution in [-0.2, 0) is 6.42 Å². The number of hydrogen-bond donors (Lipinski definition) is 1. The molecule has 1 fully saturated rings. The lowest BCUT2D eigenvalue weighted by Gasteiger charge is -2.32. The van der Waals surface area contributed by atoms with E-state index in [1.165, 1.54) is 5.56 Å². The third kappa shape index (κ3) is 4.78. The van der Waals surface area contributed by atoms with Gasteiger partial charge in [0.05, 0.1) is 0 Å². The molecule has 2 rings (SSSR count). The molecule has 0 saturated carbocycles. The standard InChI is InChI=1S/C16H27N3O/c1-18-9-11-19(12-10-18)13-14-20-16-7-3-2-5-15(16)6-4-8-17/h2-3,5,7H,4,6,8-14,17H2,1H3. The van der Waals surface area contributed by atoms with Gasteiger partial charge in [-0.2, -0.15) is 0 Å². The van der Waals surface area contributed by atoms with Crippen molar-refractivity contribution in [3.8, 4) is 5.75 Å². The predicted molar refractivity (Wildman–Crippen MR) is 83.2 cm³/mol. The molecule has 1 aliphatic rings. The Morgan fingerprint density at radius 3 is 2.65 bits per heavy atom. The number of benzene rings is 1. The summed E-state index contributed by atoms with van der Waals surface area (Å²) in [5.41, 5.74) is 6.86. The van der Waals surface area contributed by atoms with Gasteiger partial charge in [-0.1, -0.05) is 18.2 Å². The van der Waals surface area contributed by atoms with Crippen molar-refractivity contribution in [3.63, 3.8) is 0 Å². The van der Waals surface area contributed by atoms with Gasteiger partial charge in [-0.3, -0.25) is 4.90 Å². The Kier molecular flexibility index (Phi) is 6.30. The lowest BCUT2D eigenvalue weighted by molar-refractivity contribution is 0.133. The summed E-state index contributed by atoms with van der Waals surface area (Å²) in [5.74, 6) is 1.02. The lowest BCUT2D eigenvalue weighted by Crippen LogP contribution is -2.45. The van der Waals surface area contributed by atoms with Crippen molar-refractivity contribution in [2.24, 2.45) is 5.73 Å². The van der Waals surface area contributed by atoms with Gasteiger partial charge in [0, 0.05) is 32.7 Å². The Bertz CT molecular complexity index is 389. The summed E-state index contributed by atoms with van der Waals surface area (Å²) in [6.07, 6.45) is 2.01. The Hall–Kier alpha value is -1.10. The van der Waals surface area contributed by atoms with E-state index in [2.05, 4.69) is 35.0 Å². The highest BCUT2D eigenvalue weighted by molar-refractivity contribution is 5.33. The summed E-state index contributed by atoms with van der Waals surface area (Å²) in [6, 6.07) is 8.31. The topological polar surface area (TPSA) is 41.7 Å². The highest BCUT2D eigenvalue weighted by atomic mass is 16.5. The minimum Gasteiger partial charge on any atom is -0.492 e. The molecule has 0 aliphatic carbocycles. The molecule has 1 aliphatic heterocycles. The third-order valence-corrected chi connectivity index (χ3v) is 3.88. The van der Waals surface area contributed by atoms with Crippen LogP contribution in [0.15, 0.2) is 24.3 Å². The molecule has 0 aromatic heterocycles. The van der Waals surface area contributed by atoms with Gasteiger partial charge in [-0.25, -0.2) is 0 Å². The van der Waals surface area contributed by atoms with Crippen molar-refractivity contribution in [3.05, 3.63) is 29.8 Å². The Morgan fingerprint density at radius 2 is 1.90 bits per heavy atom. The lowest BCUT2D eigenvalue weighted by atomic mass is 10.1. The number of hydrogen-bond acceptors (Lipinski definition) is 4. The van der Waals surface area contributed by atoms with Gasteiger partial charge in [0.15, 0.2) is 0 Å². The van der Waals surface area contributed by atoms with Crippen molar-refractivity contribution in [2.45, 2.75) is 12.8 Å². The predicted octanol–water partition coefficient (Wildman–Crippen LogP) is 1.20. The maximum Gasteiger partial charge on any atom is 0.122 e. The molecule has 2 N–H and O–H groups in total. The molecule has 0 unspecified atom stereocenters. The average molecular weight is 277 g/mol. The minimum absolute atomic E-state index is 0.732. The van der Waals surface area contributed by atoms with Crippen molar-refractivity contribution >= 4 is 0 Å². The summed E-state index contributed by atoms with van der Waals surface area (Å²) in [4.78, 5) is 4.85. The Morgan fingerprint density at radius 1 is 1.15 bits per heavy atom. The molecule has 112 valence electrons. The number of ether oxygens (including phenoxy) is 1. The largest absolute Gasteiger partial charge is 0.492 e. The summed E-state index contributed by atoms with van der Waals surface area (Å²) < 4.78 is 5.97. The second-order valence-corrected chi connectivity index (χ2v) is 5.49. The van der Waals surface area contributed by atoms with Gasteiger partial charge in [0.2, 0.25) is 0 Å². The average Bonchev–Trinajstić information content (AvgIpc) is 2.48. The van der Waals surface area contributed by atoms with E-state index in [1.807, 2.05) is 6.07 Å². The maximum atomic E-state index is 5.97. The first-order valence-corrected chi connectivity index (χ1v) is 7.61. The van der Waals surface area contributed by atoms with Crippen LogP contribution in [0.4, 0.5) is 0 Å².